The van der Waals surface area contributed by atoms with Crippen LogP contribution in [0.1, 0.15) is 43.5 Å². The largest absolute Gasteiger partial charge is 0.466 e. The van der Waals surface area contributed by atoms with Crippen LogP contribution in [-0.4, -0.2) is 66.0 Å². The van der Waals surface area contributed by atoms with E-state index in [1.54, 1.807) is 11.3 Å². The number of fused-ring (bicyclic) bond motifs is 1. The number of nitrogens with zero attached hydrogens (tertiary/aromatic N) is 3. The minimum Gasteiger partial charge on any atom is -0.466 e. The van der Waals surface area contributed by atoms with Crippen molar-refractivity contribution in [3.05, 3.63) is 29.3 Å². The van der Waals surface area contributed by atoms with Crippen LogP contribution in [0.15, 0.2) is 24.3 Å². The zero-order valence-electron chi connectivity index (χ0n) is 17.0. The van der Waals surface area contributed by atoms with Gasteiger partial charge in [0.2, 0.25) is 5.91 Å². The fourth-order valence-electron chi connectivity index (χ4n) is 4.35. The van der Waals surface area contributed by atoms with E-state index in [1.807, 2.05) is 17.9 Å². The number of benzene rings is 1. The molecule has 0 radical (unpaired) electrons. The van der Waals surface area contributed by atoms with E-state index in [4.69, 9.17) is 9.72 Å². The average Bonchev–Trinajstić information content (AvgIpc) is 3.19. The zero-order valence-corrected chi connectivity index (χ0v) is 17.8. The summed E-state index contributed by atoms with van der Waals surface area (Å²) in [6.45, 7) is 5.75. The lowest BCUT2D eigenvalue weighted by Crippen LogP contribution is -2.48. The highest BCUT2D eigenvalue weighted by molar-refractivity contribution is 7.18. The topological polar surface area (TPSA) is 62.7 Å². The van der Waals surface area contributed by atoms with Crippen LogP contribution in [0, 0.1) is 5.92 Å². The summed E-state index contributed by atoms with van der Waals surface area (Å²) in [4.78, 5) is 33.7. The van der Waals surface area contributed by atoms with Gasteiger partial charge in [-0.1, -0.05) is 12.1 Å². The van der Waals surface area contributed by atoms with Gasteiger partial charge in [0.15, 0.2) is 0 Å². The second kappa shape index (κ2) is 9.22. The second-order valence-electron chi connectivity index (χ2n) is 8.00. The highest BCUT2D eigenvalue weighted by Crippen LogP contribution is 2.33. The average molecular weight is 416 g/mol. The molecule has 3 heterocycles. The number of rotatable bonds is 5. The lowest BCUT2D eigenvalue weighted by Gasteiger charge is -2.35. The third kappa shape index (κ3) is 4.78. The Morgan fingerprint density at radius 3 is 2.72 bits per heavy atom. The van der Waals surface area contributed by atoms with Gasteiger partial charge in [0.05, 0.1) is 34.3 Å². The summed E-state index contributed by atoms with van der Waals surface area (Å²) in [6, 6.07) is 8.30. The molecule has 6 nitrogen and oxygen atoms in total. The van der Waals surface area contributed by atoms with Crippen molar-refractivity contribution < 1.29 is 14.3 Å². The van der Waals surface area contributed by atoms with Crippen LogP contribution in [0.25, 0.3) is 10.2 Å². The third-order valence-electron chi connectivity index (χ3n) is 6.00. The summed E-state index contributed by atoms with van der Waals surface area (Å²) in [5, 5.41) is 1.23. The number of para-hydroxylation sites is 1. The van der Waals surface area contributed by atoms with Crippen LogP contribution in [0.5, 0.6) is 0 Å². The van der Waals surface area contributed by atoms with Crippen LogP contribution < -0.4 is 0 Å². The van der Waals surface area contributed by atoms with Crippen LogP contribution in [0.3, 0.4) is 0 Å². The van der Waals surface area contributed by atoms with Gasteiger partial charge in [0.1, 0.15) is 0 Å². The van der Waals surface area contributed by atoms with Crippen molar-refractivity contribution in [2.75, 3.05) is 39.3 Å². The van der Waals surface area contributed by atoms with E-state index in [0.29, 0.717) is 25.6 Å². The van der Waals surface area contributed by atoms with E-state index in [0.717, 1.165) is 50.8 Å². The van der Waals surface area contributed by atoms with Crippen molar-refractivity contribution in [1.82, 2.24) is 14.8 Å². The van der Waals surface area contributed by atoms with Gasteiger partial charge in [-0.15, -0.1) is 11.3 Å². The number of piperidine rings is 2. The fourth-order valence-corrected chi connectivity index (χ4v) is 5.49. The van der Waals surface area contributed by atoms with E-state index >= 15 is 0 Å². The minimum absolute atomic E-state index is 0.137. The fraction of sp³-hybridized carbons (Fsp3) is 0.591. The van der Waals surface area contributed by atoms with E-state index in [9.17, 15) is 9.59 Å². The molecular weight excluding hydrogens is 386 g/mol. The highest BCUT2D eigenvalue weighted by Gasteiger charge is 2.31. The molecule has 156 valence electrons. The lowest BCUT2D eigenvalue weighted by molar-refractivity contribution is -0.151. The molecule has 0 saturated carbocycles. The Bertz CT molecular complexity index is 827. The molecule has 2 aliphatic rings. The molecule has 7 heteroatoms. The quantitative estimate of drug-likeness (QED) is 0.702. The van der Waals surface area contributed by atoms with Gasteiger partial charge in [0.25, 0.3) is 0 Å². The van der Waals surface area contributed by atoms with Crippen molar-refractivity contribution in [2.24, 2.45) is 5.92 Å². The van der Waals surface area contributed by atoms with Gasteiger partial charge in [-0.2, -0.15) is 0 Å². The van der Waals surface area contributed by atoms with Gasteiger partial charge in [-0.05, 0) is 57.8 Å². The van der Waals surface area contributed by atoms with Gasteiger partial charge in [-0.25, -0.2) is 4.98 Å². The Kier molecular flexibility index (Phi) is 6.45. The number of hydrogen-bond donors (Lipinski definition) is 0. The molecule has 1 aromatic carbocycles. The SMILES string of the molecule is CCOC(=O)C1CCCN(C(=O)CN2CCC(c3nc4ccccc4s3)CC2)C1. The molecule has 2 aliphatic heterocycles. The number of carbonyl (C=O) groups is 2. The Morgan fingerprint density at radius 2 is 1.97 bits per heavy atom. The summed E-state index contributed by atoms with van der Waals surface area (Å²) in [5.41, 5.74) is 1.09. The molecule has 4 rings (SSSR count). The molecule has 0 spiro atoms. The summed E-state index contributed by atoms with van der Waals surface area (Å²) in [5.74, 6) is 0.290. The van der Waals surface area contributed by atoms with Crippen LogP contribution in [0.4, 0.5) is 0 Å². The molecule has 2 fully saturated rings. The van der Waals surface area contributed by atoms with E-state index < -0.39 is 0 Å². The molecule has 1 unspecified atom stereocenters. The van der Waals surface area contributed by atoms with Crippen LogP contribution in [-0.2, 0) is 14.3 Å². The smallest absolute Gasteiger partial charge is 0.310 e. The number of amides is 1. The number of ether oxygens (including phenoxy) is 1. The third-order valence-corrected chi connectivity index (χ3v) is 7.20. The monoisotopic (exact) mass is 415 g/mol. The maximum Gasteiger partial charge on any atom is 0.310 e. The normalized spacial score (nSPS) is 21.4. The van der Waals surface area contributed by atoms with E-state index in [-0.39, 0.29) is 17.8 Å². The second-order valence-corrected chi connectivity index (χ2v) is 9.06. The van der Waals surface area contributed by atoms with E-state index in [1.165, 1.54) is 9.71 Å². The summed E-state index contributed by atoms with van der Waals surface area (Å²) >= 11 is 1.80. The summed E-state index contributed by atoms with van der Waals surface area (Å²) in [6.07, 6.45) is 3.77. The Morgan fingerprint density at radius 1 is 1.17 bits per heavy atom. The molecule has 1 atom stereocenters. The maximum atomic E-state index is 12.8. The molecule has 1 aromatic heterocycles. The predicted octanol–water partition coefficient (Wildman–Crippen LogP) is 3.28. The Hall–Kier alpha value is -1.99. The first-order valence-electron chi connectivity index (χ1n) is 10.7. The van der Waals surface area contributed by atoms with Crippen molar-refractivity contribution in [3.63, 3.8) is 0 Å². The first-order chi connectivity index (χ1) is 14.1. The van der Waals surface area contributed by atoms with Gasteiger partial charge in [-0.3, -0.25) is 14.5 Å². The van der Waals surface area contributed by atoms with E-state index in [2.05, 4.69) is 23.1 Å². The number of likely N-dealkylation sites (tertiary alicyclic amines) is 2. The minimum atomic E-state index is -0.169. The molecule has 29 heavy (non-hydrogen) atoms. The van der Waals surface area contributed by atoms with Crippen molar-refractivity contribution in [3.8, 4) is 0 Å². The molecule has 1 amide bonds. The van der Waals surface area contributed by atoms with Gasteiger partial charge in [0, 0.05) is 19.0 Å². The Labute approximate surface area is 175 Å². The molecule has 2 aromatic rings. The molecule has 0 aliphatic carbocycles. The standard InChI is InChI=1S/C22H29N3O3S/c1-2-28-22(27)17-6-5-11-25(14-17)20(26)15-24-12-9-16(10-13-24)21-23-18-7-3-4-8-19(18)29-21/h3-4,7-8,16-17H,2,5-6,9-15H2,1H3. The van der Waals surface area contributed by atoms with Crippen LogP contribution >= 0.6 is 11.3 Å². The molecule has 2 saturated heterocycles. The molecule has 0 bridgehead atoms. The first-order valence-corrected chi connectivity index (χ1v) is 11.5. The van der Waals surface area contributed by atoms with Crippen LogP contribution in [0.2, 0.25) is 0 Å². The Balaban J connectivity index is 1.28. The summed E-state index contributed by atoms with van der Waals surface area (Å²) in [7, 11) is 0. The molecular formula is C22H29N3O3S. The van der Waals surface area contributed by atoms with Gasteiger partial charge < -0.3 is 9.64 Å². The number of hydrogen-bond acceptors (Lipinski definition) is 6. The van der Waals surface area contributed by atoms with Crippen molar-refractivity contribution in [2.45, 2.75) is 38.5 Å². The first kappa shape index (κ1) is 20.3. The lowest BCUT2D eigenvalue weighted by atomic mass is 9.97. The number of esters is 1. The maximum absolute atomic E-state index is 12.8. The number of carbonyl (C=O) groups excluding carboxylic acids is 2. The van der Waals surface area contributed by atoms with Crippen molar-refractivity contribution in [1.29, 1.82) is 0 Å². The van der Waals surface area contributed by atoms with Crippen molar-refractivity contribution >= 4 is 33.4 Å². The molecule has 0 N–H and O–H groups in total. The highest BCUT2D eigenvalue weighted by atomic mass is 32.1. The zero-order chi connectivity index (χ0) is 20.2. The summed E-state index contributed by atoms with van der Waals surface area (Å²) < 4.78 is 6.39. The predicted molar refractivity (Wildman–Crippen MR) is 114 cm³/mol. The number of thiazole rings is 1. The van der Waals surface area contributed by atoms with Gasteiger partial charge >= 0.3 is 5.97 Å². The number of aromatic nitrogens is 1.